The zero-order valence-electron chi connectivity index (χ0n) is 24.9. The van der Waals surface area contributed by atoms with E-state index in [1.54, 1.807) is 42.5 Å². The van der Waals surface area contributed by atoms with E-state index in [2.05, 4.69) is 39.6 Å². The summed E-state index contributed by atoms with van der Waals surface area (Å²) in [6.45, 7) is 2.07. The molecule has 0 unspecified atom stereocenters. The smallest absolute Gasteiger partial charge is 0.272 e. The van der Waals surface area contributed by atoms with Crippen molar-refractivity contribution in [2.45, 2.75) is 24.3 Å². The van der Waals surface area contributed by atoms with Crippen molar-refractivity contribution in [2.24, 2.45) is 0 Å². The first-order valence-corrected chi connectivity index (χ1v) is 16.5. The molecule has 3 amide bonds. The molecule has 46 heavy (non-hydrogen) atoms. The van der Waals surface area contributed by atoms with Gasteiger partial charge in [-0.25, -0.2) is 0 Å². The SMILES string of the molecule is C[C@H]1Cc2ccccc2N1C(=O)CSc1ccc(NC(=O)/C(=C/c2ccc(-c3ccc(Br)cc3)o2)NC(=O)c2ccccc2)cc1. The minimum absolute atomic E-state index is 0.0228. The lowest BCUT2D eigenvalue weighted by Gasteiger charge is -2.22. The number of carbonyl (C=O) groups excluding carboxylic acids is 3. The Labute approximate surface area is 279 Å². The highest BCUT2D eigenvalue weighted by Gasteiger charge is 2.30. The lowest BCUT2D eigenvalue weighted by molar-refractivity contribution is -0.116. The molecule has 0 radical (unpaired) electrons. The molecular formula is C37H30BrN3O4S. The molecule has 0 saturated heterocycles. The average molecular weight is 693 g/mol. The third-order valence-electron chi connectivity index (χ3n) is 7.52. The maximum Gasteiger partial charge on any atom is 0.272 e. The molecule has 6 rings (SSSR count). The van der Waals surface area contributed by atoms with Gasteiger partial charge in [0.25, 0.3) is 11.8 Å². The van der Waals surface area contributed by atoms with Gasteiger partial charge in [0.2, 0.25) is 5.91 Å². The van der Waals surface area contributed by atoms with E-state index in [0.717, 1.165) is 27.0 Å². The third kappa shape index (κ3) is 7.33. The van der Waals surface area contributed by atoms with Crippen molar-refractivity contribution in [1.29, 1.82) is 0 Å². The molecule has 2 N–H and O–H groups in total. The fraction of sp³-hybridized carbons (Fsp3) is 0.108. The van der Waals surface area contributed by atoms with E-state index < -0.39 is 11.8 Å². The topological polar surface area (TPSA) is 91.7 Å². The van der Waals surface area contributed by atoms with Crippen molar-refractivity contribution in [1.82, 2.24) is 5.32 Å². The number of anilines is 2. The maximum absolute atomic E-state index is 13.5. The standard InChI is InChI=1S/C37H30BrN3O4S/c1-24-21-27-9-5-6-10-33(27)41(24)35(42)23-46-31-18-15-29(16-19-31)39-37(44)32(40-36(43)26-7-3-2-4-8-26)22-30-17-20-34(45-30)25-11-13-28(38)14-12-25/h2-20,22,24H,21,23H2,1H3,(H,39,44)(H,40,43)/b32-22-/t24-/m0/s1. The van der Waals surface area contributed by atoms with Crippen molar-refractivity contribution in [2.75, 3.05) is 16.0 Å². The molecule has 0 bridgehead atoms. The monoisotopic (exact) mass is 691 g/mol. The molecule has 5 aromatic rings. The Bertz CT molecular complexity index is 1900. The van der Waals surface area contributed by atoms with Crippen LogP contribution in [0.25, 0.3) is 17.4 Å². The van der Waals surface area contributed by atoms with Gasteiger partial charge in [0.05, 0.1) is 5.75 Å². The van der Waals surface area contributed by atoms with Crippen LogP contribution in [0.1, 0.15) is 28.6 Å². The van der Waals surface area contributed by atoms with E-state index in [-0.39, 0.29) is 17.6 Å². The molecule has 1 aromatic heterocycles. The number of rotatable bonds is 9. The number of furan rings is 1. The normalized spacial score (nSPS) is 14.1. The number of nitrogens with one attached hydrogen (secondary N) is 2. The number of thioether (sulfide) groups is 1. The largest absolute Gasteiger partial charge is 0.457 e. The van der Waals surface area contributed by atoms with Crippen LogP contribution in [0.5, 0.6) is 0 Å². The van der Waals surface area contributed by atoms with Crippen molar-refractivity contribution in [3.05, 3.63) is 142 Å². The highest BCUT2D eigenvalue weighted by Crippen LogP contribution is 2.33. The second-order valence-electron chi connectivity index (χ2n) is 10.8. The molecule has 0 saturated carbocycles. The second kappa shape index (κ2) is 14.1. The van der Waals surface area contributed by atoms with Gasteiger partial charge in [-0.3, -0.25) is 14.4 Å². The Morgan fingerprint density at radius 1 is 0.891 bits per heavy atom. The molecule has 0 spiro atoms. The number of para-hydroxylation sites is 1. The molecule has 4 aromatic carbocycles. The van der Waals surface area contributed by atoms with Crippen LogP contribution in [0.4, 0.5) is 11.4 Å². The quantitative estimate of drug-likeness (QED) is 0.120. The van der Waals surface area contributed by atoms with Crippen LogP contribution in [0, 0.1) is 0 Å². The Hall–Kier alpha value is -4.86. The lowest BCUT2D eigenvalue weighted by Crippen LogP contribution is -2.36. The summed E-state index contributed by atoms with van der Waals surface area (Å²) in [5.41, 5.74) is 4.03. The number of hydrogen-bond acceptors (Lipinski definition) is 5. The summed E-state index contributed by atoms with van der Waals surface area (Å²) in [6.07, 6.45) is 2.36. The fourth-order valence-corrected chi connectivity index (χ4v) is 6.30. The van der Waals surface area contributed by atoms with Crippen molar-refractivity contribution in [3.63, 3.8) is 0 Å². The number of benzene rings is 4. The summed E-state index contributed by atoms with van der Waals surface area (Å²) >= 11 is 4.88. The molecule has 7 nitrogen and oxygen atoms in total. The van der Waals surface area contributed by atoms with Crippen molar-refractivity contribution in [3.8, 4) is 11.3 Å². The Balaban J connectivity index is 1.14. The number of hydrogen-bond donors (Lipinski definition) is 2. The Morgan fingerprint density at radius 2 is 1.61 bits per heavy atom. The van der Waals surface area contributed by atoms with Gasteiger partial charge in [0.1, 0.15) is 17.2 Å². The predicted octanol–water partition coefficient (Wildman–Crippen LogP) is 8.19. The minimum Gasteiger partial charge on any atom is -0.457 e. The lowest BCUT2D eigenvalue weighted by atomic mass is 10.1. The zero-order chi connectivity index (χ0) is 32.0. The number of amides is 3. The summed E-state index contributed by atoms with van der Waals surface area (Å²) in [4.78, 5) is 42.4. The summed E-state index contributed by atoms with van der Waals surface area (Å²) in [7, 11) is 0. The van der Waals surface area contributed by atoms with Gasteiger partial charge in [0.15, 0.2) is 0 Å². The van der Waals surface area contributed by atoms with Crippen LogP contribution in [0.3, 0.4) is 0 Å². The molecular weight excluding hydrogens is 662 g/mol. The molecule has 230 valence electrons. The summed E-state index contributed by atoms with van der Waals surface area (Å²) < 4.78 is 6.95. The molecule has 2 heterocycles. The van der Waals surface area contributed by atoms with E-state index in [1.807, 2.05) is 71.6 Å². The number of fused-ring (bicyclic) bond motifs is 1. The molecule has 1 aliphatic heterocycles. The summed E-state index contributed by atoms with van der Waals surface area (Å²) in [5.74, 6) is 0.459. The Kier molecular flexibility index (Phi) is 9.51. The van der Waals surface area contributed by atoms with Gasteiger partial charge in [-0.2, -0.15) is 0 Å². The highest BCUT2D eigenvalue weighted by molar-refractivity contribution is 9.10. The highest BCUT2D eigenvalue weighted by atomic mass is 79.9. The van der Waals surface area contributed by atoms with Crippen LogP contribution in [0.15, 0.2) is 135 Å². The van der Waals surface area contributed by atoms with Gasteiger partial charge in [0, 0.05) is 44.0 Å². The summed E-state index contributed by atoms with van der Waals surface area (Å²) in [5, 5.41) is 5.60. The van der Waals surface area contributed by atoms with E-state index in [1.165, 1.54) is 23.4 Å². The van der Waals surface area contributed by atoms with Crippen LogP contribution >= 0.6 is 27.7 Å². The average Bonchev–Trinajstić information content (AvgIpc) is 3.68. The van der Waals surface area contributed by atoms with Crippen LogP contribution in [0.2, 0.25) is 0 Å². The molecule has 0 fully saturated rings. The van der Waals surface area contributed by atoms with E-state index in [9.17, 15) is 14.4 Å². The number of nitrogens with zero attached hydrogens (tertiary/aromatic N) is 1. The van der Waals surface area contributed by atoms with Crippen molar-refractivity contribution < 1.29 is 18.8 Å². The van der Waals surface area contributed by atoms with E-state index in [0.29, 0.717) is 28.5 Å². The summed E-state index contributed by atoms with van der Waals surface area (Å²) in [6, 6.07) is 35.3. The maximum atomic E-state index is 13.5. The van der Waals surface area contributed by atoms with Crippen LogP contribution < -0.4 is 15.5 Å². The minimum atomic E-state index is -0.511. The first-order chi connectivity index (χ1) is 22.3. The van der Waals surface area contributed by atoms with Crippen LogP contribution in [-0.2, 0) is 16.0 Å². The van der Waals surface area contributed by atoms with E-state index in [4.69, 9.17) is 4.42 Å². The van der Waals surface area contributed by atoms with Gasteiger partial charge in [-0.1, -0.05) is 64.5 Å². The second-order valence-corrected chi connectivity index (χ2v) is 12.8. The van der Waals surface area contributed by atoms with Crippen LogP contribution in [-0.4, -0.2) is 29.5 Å². The first kappa shape index (κ1) is 31.1. The van der Waals surface area contributed by atoms with Gasteiger partial charge in [-0.15, -0.1) is 11.8 Å². The van der Waals surface area contributed by atoms with Gasteiger partial charge >= 0.3 is 0 Å². The zero-order valence-corrected chi connectivity index (χ0v) is 27.3. The molecule has 1 aliphatic rings. The van der Waals surface area contributed by atoms with Gasteiger partial charge < -0.3 is 20.0 Å². The number of carbonyl (C=O) groups is 3. The van der Waals surface area contributed by atoms with Gasteiger partial charge in [-0.05, 0) is 85.6 Å². The number of halogens is 1. The first-order valence-electron chi connectivity index (χ1n) is 14.7. The fourth-order valence-electron chi connectivity index (χ4n) is 5.28. The van der Waals surface area contributed by atoms with E-state index >= 15 is 0 Å². The third-order valence-corrected chi connectivity index (χ3v) is 9.05. The predicted molar refractivity (Wildman–Crippen MR) is 187 cm³/mol. The van der Waals surface area contributed by atoms with Crippen molar-refractivity contribution >= 4 is 62.9 Å². The molecule has 0 aliphatic carbocycles. The molecule has 1 atom stereocenters. The molecule has 9 heteroatoms. The Morgan fingerprint density at radius 3 is 2.37 bits per heavy atom.